The molecule has 0 saturated carbocycles. The van der Waals surface area contributed by atoms with Crippen molar-refractivity contribution in [2.45, 2.75) is 46.1 Å². The molecule has 2 rings (SSSR count). The molecule has 0 bridgehead atoms. The van der Waals surface area contributed by atoms with Gasteiger partial charge in [-0.25, -0.2) is 0 Å². The lowest BCUT2D eigenvalue weighted by Crippen LogP contribution is -2.34. The molecule has 2 unspecified atom stereocenters. The van der Waals surface area contributed by atoms with Crippen molar-refractivity contribution in [1.29, 1.82) is 0 Å². The minimum Gasteiger partial charge on any atom is -0.495 e. The van der Waals surface area contributed by atoms with E-state index >= 15 is 0 Å². The number of esters is 1. The van der Waals surface area contributed by atoms with Gasteiger partial charge in [0.1, 0.15) is 11.7 Å². The maximum absolute atomic E-state index is 12.5. The molecule has 2 atom stereocenters. The second-order valence-corrected chi connectivity index (χ2v) is 6.13. The minimum absolute atomic E-state index is 0.00754. The summed E-state index contributed by atoms with van der Waals surface area (Å²) in [6, 6.07) is 7.92. The van der Waals surface area contributed by atoms with Crippen LogP contribution in [0.2, 0.25) is 0 Å². The Morgan fingerprint density at radius 3 is 2.48 bits per heavy atom. The Morgan fingerprint density at radius 1 is 1.26 bits per heavy atom. The van der Waals surface area contributed by atoms with Gasteiger partial charge < -0.3 is 9.47 Å². The Labute approximate surface area is 137 Å². The van der Waals surface area contributed by atoms with E-state index in [9.17, 15) is 9.59 Å². The van der Waals surface area contributed by atoms with Crippen molar-refractivity contribution in [2.24, 2.45) is 5.92 Å². The molecular formula is C19H24O4. The van der Waals surface area contributed by atoms with Crippen LogP contribution in [0.3, 0.4) is 0 Å². The van der Waals surface area contributed by atoms with Gasteiger partial charge in [-0.3, -0.25) is 9.59 Å². The van der Waals surface area contributed by atoms with E-state index in [2.05, 4.69) is 0 Å². The number of ketones is 1. The average Bonchev–Trinajstić information content (AvgIpc) is 2.46. The molecular weight excluding hydrogens is 292 g/mol. The summed E-state index contributed by atoms with van der Waals surface area (Å²) < 4.78 is 10.8. The molecule has 0 aromatic heterocycles. The maximum Gasteiger partial charge on any atom is 0.317 e. The van der Waals surface area contributed by atoms with Crippen LogP contribution in [0.5, 0.6) is 0 Å². The summed E-state index contributed by atoms with van der Waals surface area (Å²) in [5, 5.41) is 0. The third kappa shape index (κ3) is 4.21. The van der Waals surface area contributed by atoms with Gasteiger partial charge in [-0.15, -0.1) is 0 Å². The van der Waals surface area contributed by atoms with Crippen molar-refractivity contribution in [3.63, 3.8) is 0 Å². The fraction of sp³-hybridized carbons (Fsp3) is 0.474. The molecule has 4 nitrogen and oxygen atoms in total. The molecule has 1 aromatic carbocycles. The summed E-state index contributed by atoms with van der Waals surface area (Å²) in [6.45, 7) is 7.86. The van der Waals surface area contributed by atoms with Gasteiger partial charge >= 0.3 is 5.97 Å². The van der Waals surface area contributed by atoms with Crippen molar-refractivity contribution in [2.75, 3.05) is 6.61 Å². The number of rotatable bonds is 5. The molecule has 4 heteroatoms. The van der Waals surface area contributed by atoms with E-state index in [4.69, 9.17) is 9.47 Å². The molecule has 0 saturated heterocycles. The van der Waals surface area contributed by atoms with Crippen LogP contribution in [0.15, 0.2) is 36.1 Å². The number of ether oxygens (including phenoxy) is 2. The van der Waals surface area contributed by atoms with E-state index < -0.39 is 11.9 Å². The first kappa shape index (κ1) is 17.3. The molecule has 0 spiro atoms. The molecule has 0 radical (unpaired) electrons. The highest BCUT2D eigenvalue weighted by atomic mass is 16.5. The second-order valence-electron chi connectivity index (χ2n) is 6.13. The largest absolute Gasteiger partial charge is 0.495 e. The van der Waals surface area contributed by atoms with E-state index in [1.54, 1.807) is 6.92 Å². The Bertz CT molecular complexity index is 598. The van der Waals surface area contributed by atoms with Crippen LogP contribution in [0.25, 0.3) is 0 Å². The number of allylic oxidation sites excluding steroid dienone is 2. The summed E-state index contributed by atoms with van der Waals surface area (Å²) in [5.74, 6) is -1.10. The summed E-state index contributed by atoms with van der Waals surface area (Å²) in [7, 11) is 0. The van der Waals surface area contributed by atoms with E-state index in [0.717, 1.165) is 11.1 Å². The van der Waals surface area contributed by atoms with Gasteiger partial charge in [0.25, 0.3) is 0 Å². The smallest absolute Gasteiger partial charge is 0.317 e. The molecule has 0 fully saturated rings. The monoisotopic (exact) mass is 316 g/mol. The predicted molar refractivity (Wildman–Crippen MR) is 88.0 cm³/mol. The molecule has 0 amide bonds. The maximum atomic E-state index is 12.5. The first-order valence-electron chi connectivity index (χ1n) is 8.06. The Kier molecular flexibility index (Phi) is 5.59. The molecule has 23 heavy (non-hydrogen) atoms. The minimum atomic E-state index is -0.794. The summed E-state index contributed by atoms with van der Waals surface area (Å²) in [4.78, 5) is 24.8. The fourth-order valence-corrected chi connectivity index (χ4v) is 2.86. The van der Waals surface area contributed by atoms with E-state index in [1.807, 2.05) is 45.0 Å². The second kappa shape index (κ2) is 7.44. The van der Waals surface area contributed by atoms with Gasteiger partial charge in [0, 0.05) is 18.4 Å². The van der Waals surface area contributed by atoms with Gasteiger partial charge in [-0.05, 0) is 33.3 Å². The molecule has 0 N–H and O–H groups in total. The Hall–Kier alpha value is -2.10. The molecule has 1 aliphatic carbocycles. The van der Waals surface area contributed by atoms with Crippen molar-refractivity contribution in [3.05, 3.63) is 47.2 Å². The van der Waals surface area contributed by atoms with E-state index in [1.165, 1.54) is 6.08 Å². The van der Waals surface area contributed by atoms with Crippen LogP contribution in [-0.4, -0.2) is 24.5 Å². The summed E-state index contributed by atoms with van der Waals surface area (Å²) >= 11 is 0. The highest BCUT2D eigenvalue weighted by Gasteiger charge is 2.40. The standard InChI is InChI=1S/C19H24O4/c1-5-22-19(21)18-16(14-8-6-13(4)7-9-14)10-15(11-17(18)20)23-12(2)3/h6-9,11-12,16,18H,5,10H2,1-4H3. The first-order chi connectivity index (χ1) is 10.9. The van der Waals surface area contributed by atoms with Crippen LogP contribution >= 0.6 is 0 Å². The third-order valence-corrected chi connectivity index (χ3v) is 3.87. The zero-order valence-electron chi connectivity index (χ0n) is 14.2. The third-order valence-electron chi connectivity index (χ3n) is 3.87. The summed E-state index contributed by atoms with van der Waals surface area (Å²) in [6.07, 6.45) is 1.97. The highest BCUT2D eigenvalue weighted by molar-refractivity contribution is 6.06. The van der Waals surface area contributed by atoms with E-state index in [-0.39, 0.29) is 24.4 Å². The van der Waals surface area contributed by atoms with Gasteiger partial charge in [-0.2, -0.15) is 0 Å². The topological polar surface area (TPSA) is 52.6 Å². The van der Waals surface area contributed by atoms with Crippen molar-refractivity contribution >= 4 is 11.8 Å². The zero-order chi connectivity index (χ0) is 17.0. The molecule has 0 heterocycles. The van der Waals surface area contributed by atoms with Crippen LogP contribution in [0.4, 0.5) is 0 Å². The van der Waals surface area contributed by atoms with Gasteiger partial charge in [0.15, 0.2) is 5.78 Å². The summed E-state index contributed by atoms with van der Waals surface area (Å²) in [5.41, 5.74) is 2.10. The van der Waals surface area contributed by atoms with Crippen molar-refractivity contribution < 1.29 is 19.1 Å². The lowest BCUT2D eigenvalue weighted by atomic mass is 9.77. The first-order valence-corrected chi connectivity index (χ1v) is 8.06. The predicted octanol–water partition coefficient (Wildman–Crippen LogP) is 3.54. The van der Waals surface area contributed by atoms with E-state index in [0.29, 0.717) is 12.2 Å². The van der Waals surface area contributed by atoms with Crippen LogP contribution in [-0.2, 0) is 19.1 Å². The molecule has 1 aliphatic rings. The number of aryl methyl sites for hydroxylation is 1. The van der Waals surface area contributed by atoms with Gasteiger partial charge in [0.2, 0.25) is 0 Å². The van der Waals surface area contributed by atoms with Crippen LogP contribution in [0, 0.1) is 12.8 Å². The molecule has 1 aromatic rings. The number of hydrogen-bond donors (Lipinski definition) is 0. The molecule has 124 valence electrons. The van der Waals surface area contributed by atoms with Crippen molar-refractivity contribution in [3.8, 4) is 0 Å². The zero-order valence-corrected chi connectivity index (χ0v) is 14.2. The van der Waals surface area contributed by atoms with Gasteiger partial charge in [-0.1, -0.05) is 29.8 Å². The SMILES string of the molecule is CCOC(=O)C1C(=O)C=C(OC(C)C)CC1c1ccc(C)cc1. The van der Waals surface area contributed by atoms with Crippen LogP contribution in [0.1, 0.15) is 44.2 Å². The lowest BCUT2D eigenvalue weighted by Gasteiger charge is -2.30. The average molecular weight is 316 g/mol. The normalized spacial score (nSPS) is 21.1. The van der Waals surface area contributed by atoms with Crippen LogP contribution < -0.4 is 0 Å². The lowest BCUT2D eigenvalue weighted by molar-refractivity contribution is -0.152. The molecule has 0 aliphatic heterocycles. The van der Waals surface area contributed by atoms with Crippen molar-refractivity contribution in [1.82, 2.24) is 0 Å². The van der Waals surface area contributed by atoms with Gasteiger partial charge in [0.05, 0.1) is 12.7 Å². The number of hydrogen-bond acceptors (Lipinski definition) is 4. The fourth-order valence-electron chi connectivity index (χ4n) is 2.86. The quantitative estimate of drug-likeness (QED) is 0.616. The number of benzene rings is 1. The highest BCUT2D eigenvalue weighted by Crippen LogP contribution is 2.37. The number of carbonyl (C=O) groups is 2. The number of carbonyl (C=O) groups excluding carboxylic acids is 2. The Morgan fingerprint density at radius 2 is 1.91 bits per heavy atom. The Balaban J connectivity index is 2.36.